The van der Waals surface area contributed by atoms with Crippen molar-refractivity contribution in [1.29, 1.82) is 0 Å². The number of carbonyl (C=O) groups excluding carboxylic acids is 1. The molecule has 0 aliphatic heterocycles. The number of carbonyl (C=O) groups is 1. The van der Waals surface area contributed by atoms with Crippen molar-refractivity contribution in [3.63, 3.8) is 0 Å². The van der Waals surface area contributed by atoms with Gasteiger partial charge < -0.3 is 10.6 Å². The van der Waals surface area contributed by atoms with Gasteiger partial charge in [0.25, 0.3) is 0 Å². The Morgan fingerprint density at radius 3 is 2.20 bits per heavy atom. The number of amides is 2. The normalized spacial score (nSPS) is 10.4. The average Bonchev–Trinajstić information content (AvgIpc) is 2.17. The van der Waals surface area contributed by atoms with Gasteiger partial charge in [0.15, 0.2) is 0 Å². The van der Waals surface area contributed by atoms with E-state index in [-0.39, 0.29) is 6.03 Å². The van der Waals surface area contributed by atoms with Crippen LogP contribution >= 0.6 is 0 Å². The van der Waals surface area contributed by atoms with Gasteiger partial charge in [-0.1, -0.05) is 40.0 Å². The molecule has 15 heavy (non-hydrogen) atoms. The molecule has 0 spiro atoms. The van der Waals surface area contributed by atoms with Gasteiger partial charge in [-0.2, -0.15) is 0 Å². The topological polar surface area (TPSA) is 41.1 Å². The lowest BCUT2D eigenvalue weighted by atomic mass is 10.1. The zero-order valence-electron chi connectivity index (χ0n) is 10.4. The van der Waals surface area contributed by atoms with Gasteiger partial charge in [-0.25, -0.2) is 4.79 Å². The number of rotatable bonds is 8. The van der Waals surface area contributed by atoms with Crippen LogP contribution in [0.25, 0.3) is 0 Å². The Balaban J connectivity index is 3.17. The Morgan fingerprint density at radius 1 is 1.07 bits per heavy atom. The van der Waals surface area contributed by atoms with Crippen LogP contribution in [-0.2, 0) is 0 Å². The second-order valence-electron chi connectivity index (χ2n) is 4.43. The molecule has 0 heterocycles. The lowest BCUT2D eigenvalue weighted by Crippen LogP contribution is -2.36. The molecule has 2 amide bonds. The van der Waals surface area contributed by atoms with E-state index < -0.39 is 0 Å². The number of hydrogen-bond acceptors (Lipinski definition) is 1. The first-order valence-electron chi connectivity index (χ1n) is 6.18. The Bertz CT molecular complexity index is 158. The summed E-state index contributed by atoms with van der Waals surface area (Å²) in [5.41, 5.74) is 0. The molecule has 0 rings (SSSR count). The summed E-state index contributed by atoms with van der Waals surface area (Å²) in [5, 5.41) is 5.70. The summed E-state index contributed by atoms with van der Waals surface area (Å²) in [5.74, 6) is 0.767. The molecule has 0 aromatic rings. The molecule has 0 aliphatic carbocycles. The zero-order chi connectivity index (χ0) is 11.5. The molecule has 90 valence electrons. The van der Waals surface area contributed by atoms with E-state index in [0.717, 1.165) is 38.3 Å². The van der Waals surface area contributed by atoms with E-state index in [1.54, 1.807) is 0 Å². The summed E-state index contributed by atoms with van der Waals surface area (Å²) in [4.78, 5) is 11.2. The van der Waals surface area contributed by atoms with Gasteiger partial charge in [-0.05, 0) is 18.8 Å². The third-order valence-corrected chi connectivity index (χ3v) is 2.31. The van der Waals surface area contributed by atoms with Crippen molar-refractivity contribution in [3.8, 4) is 0 Å². The van der Waals surface area contributed by atoms with Crippen molar-refractivity contribution in [2.75, 3.05) is 13.1 Å². The van der Waals surface area contributed by atoms with Gasteiger partial charge >= 0.3 is 6.03 Å². The highest BCUT2D eigenvalue weighted by Gasteiger charge is 1.98. The van der Waals surface area contributed by atoms with Crippen LogP contribution < -0.4 is 10.6 Å². The standard InChI is InChI=1S/C12H26N2O/c1-4-5-9-13-12(15)14-10-7-6-8-11(2)3/h11H,4-10H2,1-3H3,(H2,13,14,15). The van der Waals surface area contributed by atoms with Crippen LogP contribution in [0.4, 0.5) is 4.79 Å². The molecule has 2 N–H and O–H groups in total. The fourth-order valence-corrected chi connectivity index (χ4v) is 1.32. The maximum atomic E-state index is 11.2. The zero-order valence-corrected chi connectivity index (χ0v) is 10.4. The predicted octanol–water partition coefficient (Wildman–Crippen LogP) is 2.91. The van der Waals surface area contributed by atoms with Crippen LogP contribution in [0, 0.1) is 5.92 Å². The Morgan fingerprint density at radius 2 is 1.67 bits per heavy atom. The second-order valence-corrected chi connectivity index (χ2v) is 4.43. The summed E-state index contributed by atoms with van der Waals surface area (Å²) in [7, 11) is 0. The predicted molar refractivity (Wildman–Crippen MR) is 65.0 cm³/mol. The second kappa shape index (κ2) is 9.81. The lowest BCUT2D eigenvalue weighted by molar-refractivity contribution is 0.240. The molecule has 0 bridgehead atoms. The molecule has 3 nitrogen and oxygen atoms in total. The van der Waals surface area contributed by atoms with Crippen LogP contribution in [0.5, 0.6) is 0 Å². The van der Waals surface area contributed by atoms with Crippen molar-refractivity contribution >= 4 is 6.03 Å². The SMILES string of the molecule is CCCCNC(=O)NCCCCC(C)C. The highest BCUT2D eigenvalue weighted by Crippen LogP contribution is 2.04. The van der Waals surface area contributed by atoms with E-state index in [1.807, 2.05) is 0 Å². The molecule has 0 aromatic carbocycles. The highest BCUT2D eigenvalue weighted by atomic mass is 16.2. The van der Waals surface area contributed by atoms with E-state index in [9.17, 15) is 4.79 Å². The summed E-state index contributed by atoms with van der Waals surface area (Å²) >= 11 is 0. The van der Waals surface area contributed by atoms with Crippen LogP contribution in [-0.4, -0.2) is 19.1 Å². The van der Waals surface area contributed by atoms with E-state index in [2.05, 4.69) is 31.4 Å². The first kappa shape index (κ1) is 14.3. The van der Waals surface area contributed by atoms with Crippen molar-refractivity contribution in [2.45, 2.75) is 52.9 Å². The number of nitrogens with one attached hydrogen (secondary N) is 2. The third-order valence-electron chi connectivity index (χ3n) is 2.31. The van der Waals surface area contributed by atoms with Crippen LogP contribution in [0.2, 0.25) is 0 Å². The molecule has 0 saturated heterocycles. The van der Waals surface area contributed by atoms with Gasteiger partial charge in [0.1, 0.15) is 0 Å². The molecule has 0 radical (unpaired) electrons. The molecule has 0 aliphatic rings. The van der Waals surface area contributed by atoms with E-state index in [0.29, 0.717) is 0 Å². The van der Waals surface area contributed by atoms with Crippen LogP contribution in [0.15, 0.2) is 0 Å². The molecule has 0 fully saturated rings. The molecule has 3 heteroatoms. The fraction of sp³-hybridized carbons (Fsp3) is 0.917. The van der Waals surface area contributed by atoms with Crippen molar-refractivity contribution < 1.29 is 4.79 Å². The summed E-state index contributed by atoms with van der Waals surface area (Å²) in [6.07, 6.45) is 5.71. The first-order valence-corrected chi connectivity index (χ1v) is 6.18. The monoisotopic (exact) mass is 214 g/mol. The molecule has 0 saturated carbocycles. The number of unbranched alkanes of at least 4 members (excludes halogenated alkanes) is 2. The van der Waals surface area contributed by atoms with Gasteiger partial charge in [0, 0.05) is 13.1 Å². The highest BCUT2D eigenvalue weighted by molar-refractivity contribution is 5.73. The van der Waals surface area contributed by atoms with E-state index >= 15 is 0 Å². The van der Waals surface area contributed by atoms with Gasteiger partial charge in [-0.3, -0.25) is 0 Å². The Labute approximate surface area is 94.0 Å². The quantitative estimate of drug-likeness (QED) is 0.599. The Kier molecular flexibility index (Phi) is 9.33. The summed E-state index contributed by atoms with van der Waals surface area (Å²) in [6, 6.07) is -0.0204. The lowest BCUT2D eigenvalue weighted by Gasteiger charge is -2.07. The Hall–Kier alpha value is -0.730. The van der Waals surface area contributed by atoms with Crippen LogP contribution in [0.1, 0.15) is 52.9 Å². The first-order chi connectivity index (χ1) is 7.16. The third kappa shape index (κ3) is 11.2. The largest absolute Gasteiger partial charge is 0.338 e. The van der Waals surface area contributed by atoms with Gasteiger partial charge in [0.2, 0.25) is 0 Å². The fourth-order valence-electron chi connectivity index (χ4n) is 1.32. The maximum Gasteiger partial charge on any atom is 0.314 e. The van der Waals surface area contributed by atoms with Crippen molar-refractivity contribution in [3.05, 3.63) is 0 Å². The van der Waals surface area contributed by atoms with Crippen molar-refractivity contribution in [1.82, 2.24) is 10.6 Å². The minimum atomic E-state index is -0.0204. The minimum absolute atomic E-state index is 0.0204. The maximum absolute atomic E-state index is 11.2. The van der Waals surface area contributed by atoms with Gasteiger partial charge in [0.05, 0.1) is 0 Å². The molecule has 0 atom stereocenters. The molecular weight excluding hydrogens is 188 g/mol. The van der Waals surface area contributed by atoms with Crippen LogP contribution in [0.3, 0.4) is 0 Å². The molecular formula is C12H26N2O. The molecule has 0 aromatic heterocycles. The molecule has 0 unspecified atom stereocenters. The summed E-state index contributed by atoms with van der Waals surface area (Å²) < 4.78 is 0. The smallest absolute Gasteiger partial charge is 0.314 e. The van der Waals surface area contributed by atoms with E-state index in [1.165, 1.54) is 12.8 Å². The number of hydrogen-bond donors (Lipinski definition) is 2. The van der Waals surface area contributed by atoms with Gasteiger partial charge in [-0.15, -0.1) is 0 Å². The van der Waals surface area contributed by atoms with Crippen molar-refractivity contribution in [2.24, 2.45) is 5.92 Å². The minimum Gasteiger partial charge on any atom is -0.338 e. The summed E-state index contributed by atoms with van der Waals surface area (Å²) in [6.45, 7) is 8.15. The van der Waals surface area contributed by atoms with E-state index in [4.69, 9.17) is 0 Å². The average molecular weight is 214 g/mol. The number of urea groups is 1.